The molecule has 0 saturated carbocycles. The Bertz CT molecular complexity index is 1120. The lowest BCUT2D eigenvalue weighted by Gasteiger charge is -2.20. The molecule has 0 N–H and O–H groups in total. The Kier molecular flexibility index (Phi) is 6.31. The van der Waals surface area contributed by atoms with Crippen LogP contribution in [0.3, 0.4) is 0 Å². The number of allylic oxidation sites excluding steroid dienone is 2. The molecule has 0 atom stereocenters. The maximum absolute atomic E-state index is 15.3. The molecular weight excluding hydrogens is 393 g/mol. The molecular formula is C28H27F3. The van der Waals surface area contributed by atoms with Crippen molar-refractivity contribution in [2.45, 2.75) is 52.4 Å². The molecule has 0 spiro atoms. The van der Waals surface area contributed by atoms with Gasteiger partial charge in [0.15, 0.2) is 11.6 Å². The number of fused-ring (bicyclic) bond motifs is 1. The van der Waals surface area contributed by atoms with Crippen molar-refractivity contribution in [2.75, 3.05) is 0 Å². The summed E-state index contributed by atoms with van der Waals surface area (Å²) in [5.74, 6) is -2.32. The van der Waals surface area contributed by atoms with Crippen LogP contribution in [0.15, 0.2) is 54.6 Å². The molecule has 0 aromatic heterocycles. The summed E-state index contributed by atoms with van der Waals surface area (Å²) in [5.41, 5.74) is 5.53. The summed E-state index contributed by atoms with van der Waals surface area (Å²) in [7, 11) is 0. The molecule has 3 aromatic carbocycles. The number of aryl methyl sites for hydroxylation is 2. The highest BCUT2D eigenvalue weighted by molar-refractivity contribution is 5.73. The molecule has 0 nitrogen and oxygen atoms in total. The van der Waals surface area contributed by atoms with E-state index in [2.05, 4.69) is 31.2 Å². The zero-order chi connectivity index (χ0) is 22.0. The molecule has 0 aliphatic heterocycles. The Labute approximate surface area is 182 Å². The van der Waals surface area contributed by atoms with Crippen molar-refractivity contribution in [3.8, 4) is 11.1 Å². The van der Waals surface area contributed by atoms with Gasteiger partial charge in [-0.3, -0.25) is 0 Å². The SMILES string of the molecule is CCCCc1ccc(C2=CCc3c(ccc(-c4ccc(CC)c(F)c4F)c3F)C2)cc1. The van der Waals surface area contributed by atoms with Crippen LogP contribution in [0.4, 0.5) is 13.2 Å². The van der Waals surface area contributed by atoms with Crippen LogP contribution in [0.25, 0.3) is 16.7 Å². The number of unbranched alkanes of at least 4 members (excludes halogenated alkanes) is 1. The number of hydrogen-bond acceptors (Lipinski definition) is 0. The predicted molar refractivity (Wildman–Crippen MR) is 122 cm³/mol. The van der Waals surface area contributed by atoms with Gasteiger partial charge in [0.25, 0.3) is 0 Å². The molecule has 0 amide bonds. The highest BCUT2D eigenvalue weighted by Crippen LogP contribution is 2.35. The second-order valence-corrected chi connectivity index (χ2v) is 8.23. The second-order valence-electron chi connectivity index (χ2n) is 8.23. The van der Waals surface area contributed by atoms with Gasteiger partial charge in [0.2, 0.25) is 0 Å². The van der Waals surface area contributed by atoms with Gasteiger partial charge in [0.1, 0.15) is 5.82 Å². The van der Waals surface area contributed by atoms with Gasteiger partial charge in [0, 0.05) is 11.1 Å². The van der Waals surface area contributed by atoms with Crippen molar-refractivity contribution in [3.05, 3.63) is 99.9 Å². The third-order valence-corrected chi connectivity index (χ3v) is 6.25. The largest absolute Gasteiger partial charge is 0.206 e. The van der Waals surface area contributed by atoms with Gasteiger partial charge in [-0.15, -0.1) is 0 Å². The molecule has 1 aliphatic carbocycles. The van der Waals surface area contributed by atoms with Crippen molar-refractivity contribution < 1.29 is 13.2 Å². The number of halogens is 3. The van der Waals surface area contributed by atoms with Crippen molar-refractivity contribution in [1.29, 1.82) is 0 Å². The predicted octanol–water partition coefficient (Wildman–Crippen LogP) is 7.86. The van der Waals surface area contributed by atoms with Crippen LogP contribution in [-0.2, 0) is 25.7 Å². The molecule has 3 aromatic rings. The maximum Gasteiger partial charge on any atom is 0.167 e. The van der Waals surface area contributed by atoms with Crippen LogP contribution >= 0.6 is 0 Å². The summed E-state index contributed by atoms with van der Waals surface area (Å²) >= 11 is 0. The average Bonchev–Trinajstić information content (AvgIpc) is 2.80. The van der Waals surface area contributed by atoms with Gasteiger partial charge in [0.05, 0.1) is 0 Å². The lowest BCUT2D eigenvalue weighted by molar-refractivity contribution is 0.501. The molecule has 0 fully saturated rings. The van der Waals surface area contributed by atoms with Gasteiger partial charge >= 0.3 is 0 Å². The summed E-state index contributed by atoms with van der Waals surface area (Å²) in [6.07, 6.45) is 6.96. The molecule has 160 valence electrons. The zero-order valence-corrected chi connectivity index (χ0v) is 18.1. The average molecular weight is 421 g/mol. The lowest BCUT2D eigenvalue weighted by atomic mass is 9.85. The van der Waals surface area contributed by atoms with E-state index in [1.165, 1.54) is 36.1 Å². The Morgan fingerprint density at radius 2 is 1.48 bits per heavy atom. The molecule has 0 heterocycles. The van der Waals surface area contributed by atoms with Crippen LogP contribution in [0.2, 0.25) is 0 Å². The molecule has 0 saturated heterocycles. The standard InChI is InChI=1S/C28H27F3/c1-3-5-6-18-7-9-20(10-8-18)21-12-14-23-22(17-21)13-16-24(27(23)30)25-15-11-19(4-2)26(29)28(25)31/h7-13,15-16H,3-6,14,17H2,1-2H3. The van der Waals surface area contributed by atoms with Gasteiger partial charge in [-0.05, 0) is 65.5 Å². The number of benzene rings is 3. The van der Waals surface area contributed by atoms with Gasteiger partial charge < -0.3 is 0 Å². The van der Waals surface area contributed by atoms with Crippen molar-refractivity contribution >= 4 is 5.57 Å². The first-order valence-corrected chi connectivity index (χ1v) is 11.1. The summed E-state index contributed by atoms with van der Waals surface area (Å²) < 4.78 is 44.2. The number of hydrogen-bond donors (Lipinski definition) is 0. The van der Waals surface area contributed by atoms with E-state index >= 15 is 4.39 Å². The highest BCUT2D eigenvalue weighted by Gasteiger charge is 2.22. The van der Waals surface area contributed by atoms with E-state index in [9.17, 15) is 8.78 Å². The van der Waals surface area contributed by atoms with Crippen LogP contribution in [0.5, 0.6) is 0 Å². The van der Waals surface area contributed by atoms with E-state index < -0.39 is 17.5 Å². The minimum absolute atomic E-state index is 0.0209. The molecule has 0 radical (unpaired) electrons. The minimum atomic E-state index is -0.978. The van der Waals surface area contributed by atoms with E-state index in [0.29, 0.717) is 30.4 Å². The Morgan fingerprint density at radius 1 is 0.774 bits per heavy atom. The van der Waals surface area contributed by atoms with Crippen LogP contribution in [0, 0.1) is 17.5 Å². The molecule has 31 heavy (non-hydrogen) atoms. The van der Waals surface area contributed by atoms with E-state index in [1.54, 1.807) is 13.0 Å². The highest BCUT2D eigenvalue weighted by atomic mass is 19.2. The van der Waals surface area contributed by atoms with Crippen molar-refractivity contribution in [1.82, 2.24) is 0 Å². The van der Waals surface area contributed by atoms with Crippen LogP contribution < -0.4 is 0 Å². The number of rotatable bonds is 6. The summed E-state index contributed by atoms with van der Waals surface area (Å²) in [4.78, 5) is 0. The van der Waals surface area contributed by atoms with E-state index in [4.69, 9.17) is 0 Å². The molecule has 1 aliphatic rings. The first kappa shape index (κ1) is 21.4. The summed E-state index contributed by atoms with van der Waals surface area (Å²) in [6, 6.07) is 15.1. The molecule has 0 bridgehead atoms. The third kappa shape index (κ3) is 4.19. The second kappa shape index (κ2) is 9.13. The van der Waals surface area contributed by atoms with Gasteiger partial charge in [-0.25, -0.2) is 13.2 Å². The first-order valence-electron chi connectivity index (χ1n) is 11.1. The topological polar surface area (TPSA) is 0 Å². The molecule has 4 rings (SSSR count). The zero-order valence-electron chi connectivity index (χ0n) is 18.1. The smallest absolute Gasteiger partial charge is 0.167 e. The fourth-order valence-electron chi connectivity index (χ4n) is 4.31. The maximum atomic E-state index is 15.3. The Morgan fingerprint density at radius 3 is 2.19 bits per heavy atom. The summed E-state index contributed by atoms with van der Waals surface area (Å²) in [6.45, 7) is 3.95. The van der Waals surface area contributed by atoms with E-state index in [0.717, 1.165) is 17.5 Å². The molecule has 0 unspecified atom stereocenters. The normalized spacial score (nSPS) is 13.1. The Balaban J connectivity index is 1.61. The Hall–Kier alpha value is -2.81. The molecule has 3 heteroatoms. The fourth-order valence-corrected chi connectivity index (χ4v) is 4.31. The third-order valence-electron chi connectivity index (χ3n) is 6.25. The minimum Gasteiger partial charge on any atom is -0.206 e. The van der Waals surface area contributed by atoms with E-state index in [-0.39, 0.29) is 11.1 Å². The van der Waals surface area contributed by atoms with Crippen molar-refractivity contribution in [2.24, 2.45) is 0 Å². The fraction of sp³-hybridized carbons (Fsp3) is 0.286. The summed E-state index contributed by atoms with van der Waals surface area (Å²) in [5, 5.41) is 0. The van der Waals surface area contributed by atoms with Crippen LogP contribution in [-0.4, -0.2) is 0 Å². The first-order chi connectivity index (χ1) is 15.0. The quantitative estimate of drug-likeness (QED) is 0.381. The van der Waals surface area contributed by atoms with E-state index in [1.807, 2.05) is 12.1 Å². The van der Waals surface area contributed by atoms with Gasteiger partial charge in [-0.1, -0.05) is 74.9 Å². The van der Waals surface area contributed by atoms with Crippen LogP contribution in [0.1, 0.15) is 54.5 Å². The lowest BCUT2D eigenvalue weighted by Crippen LogP contribution is -2.07. The van der Waals surface area contributed by atoms with Crippen molar-refractivity contribution in [3.63, 3.8) is 0 Å². The van der Waals surface area contributed by atoms with Gasteiger partial charge in [-0.2, -0.15) is 0 Å². The monoisotopic (exact) mass is 420 g/mol.